The van der Waals surface area contributed by atoms with Crippen molar-refractivity contribution in [2.24, 2.45) is 10.9 Å². The van der Waals surface area contributed by atoms with Gasteiger partial charge in [-0.05, 0) is 43.0 Å². The lowest BCUT2D eigenvalue weighted by atomic mass is 10.2. The zero-order valence-corrected chi connectivity index (χ0v) is 17.5. The van der Waals surface area contributed by atoms with Crippen molar-refractivity contribution in [3.63, 3.8) is 0 Å². The van der Waals surface area contributed by atoms with Crippen LogP contribution in [0.3, 0.4) is 0 Å². The van der Waals surface area contributed by atoms with Gasteiger partial charge in [0.1, 0.15) is 0 Å². The molecule has 23 heavy (non-hydrogen) atoms. The summed E-state index contributed by atoms with van der Waals surface area (Å²) in [6.45, 7) is 3.16. The Balaban J connectivity index is 0.00000192. The van der Waals surface area contributed by atoms with Crippen LogP contribution in [0.1, 0.15) is 25.7 Å². The Morgan fingerprint density at radius 1 is 1.26 bits per heavy atom. The fraction of sp³-hybridized carbons (Fsp3) is 0.588. The monoisotopic (exact) mass is 492 g/mol. The molecule has 1 heterocycles. The summed E-state index contributed by atoms with van der Waals surface area (Å²) in [4.78, 5) is 6.78. The molecule has 2 fully saturated rings. The second-order valence-electron chi connectivity index (χ2n) is 6.28. The molecule has 6 heteroatoms. The van der Waals surface area contributed by atoms with Gasteiger partial charge in [0.05, 0.1) is 0 Å². The lowest BCUT2D eigenvalue weighted by Crippen LogP contribution is -2.44. The average Bonchev–Trinajstić information content (AvgIpc) is 3.24. The van der Waals surface area contributed by atoms with Crippen LogP contribution in [0.2, 0.25) is 0 Å². The van der Waals surface area contributed by atoms with Crippen molar-refractivity contribution >= 4 is 51.6 Å². The molecular weight excluding hydrogens is 467 g/mol. The van der Waals surface area contributed by atoms with E-state index in [1.54, 1.807) is 0 Å². The second kappa shape index (κ2) is 9.11. The third-order valence-electron chi connectivity index (χ3n) is 4.49. The summed E-state index contributed by atoms with van der Waals surface area (Å²) in [7, 11) is 1.86. The van der Waals surface area contributed by atoms with Crippen LogP contribution in [0.25, 0.3) is 0 Å². The van der Waals surface area contributed by atoms with Crippen molar-refractivity contribution in [3.05, 3.63) is 28.7 Å². The first-order chi connectivity index (χ1) is 10.7. The van der Waals surface area contributed by atoms with Gasteiger partial charge in [-0.3, -0.25) is 4.99 Å². The average molecular weight is 493 g/mol. The fourth-order valence-electron chi connectivity index (χ4n) is 2.95. The number of benzene rings is 1. The van der Waals surface area contributed by atoms with Crippen molar-refractivity contribution < 1.29 is 0 Å². The lowest BCUT2D eigenvalue weighted by Gasteiger charge is -2.20. The number of hydrogen-bond acceptors (Lipinski definition) is 2. The molecule has 3 rings (SSSR count). The quantitative estimate of drug-likeness (QED) is 0.374. The number of anilines is 1. The molecule has 128 valence electrons. The fourth-order valence-corrected chi connectivity index (χ4v) is 3.22. The third-order valence-corrected chi connectivity index (χ3v) is 5.02. The highest BCUT2D eigenvalue weighted by molar-refractivity contribution is 14.0. The molecule has 1 saturated carbocycles. The zero-order chi connectivity index (χ0) is 15.4. The standard InChI is InChI=1S/C17H25BrN4.HI/c1-19-17(20-10-8-13-2-3-13)21-15-9-11-22(12-15)16-6-4-14(18)5-7-16;/h4-7,13,15H,2-3,8-12H2,1H3,(H2,19,20,21);1H. The number of aliphatic imine (C=N–C) groups is 1. The van der Waals surface area contributed by atoms with Gasteiger partial charge in [-0.15, -0.1) is 24.0 Å². The van der Waals surface area contributed by atoms with Crippen LogP contribution in [-0.4, -0.2) is 38.7 Å². The first-order valence-corrected chi connectivity index (χ1v) is 9.01. The second-order valence-corrected chi connectivity index (χ2v) is 7.20. The van der Waals surface area contributed by atoms with Gasteiger partial charge in [0, 0.05) is 42.9 Å². The maximum atomic E-state index is 4.35. The Morgan fingerprint density at radius 2 is 2.00 bits per heavy atom. The van der Waals surface area contributed by atoms with E-state index in [-0.39, 0.29) is 24.0 Å². The Morgan fingerprint density at radius 3 is 2.65 bits per heavy atom. The van der Waals surface area contributed by atoms with E-state index >= 15 is 0 Å². The summed E-state index contributed by atoms with van der Waals surface area (Å²) in [5.74, 6) is 1.91. The van der Waals surface area contributed by atoms with E-state index in [2.05, 4.69) is 60.7 Å². The van der Waals surface area contributed by atoms with Crippen molar-refractivity contribution in [2.45, 2.75) is 31.7 Å². The minimum Gasteiger partial charge on any atom is -0.369 e. The molecule has 2 aliphatic rings. The minimum absolute atomic E-state index is 0. The van der Waals surface area contributed by atoms with Gasteiger partial charge in [0.25, 0.3) is 0 Å². The summed E-state index contributed by atoms with van der Waals surface area (Å²) in [5, 5.41) is 7.00. The topological polar surface area (TPSA) is 39.7 Å². The number of hydrogen-bond donors (Lipinski definition) is 2. The predicted molar refractivity (Wildman–Crippen MR) is 112 cm³/mol. The van der Waals surface area contributed by atoms with Crippen LogP contribution in [0.5, 0.6) is 0 Å². The number of guanidine groups is 1. The van der Waals surface area contributed by atoms with Gasteiger partial charge < -0.3 is 15.5 Å². The Hall–Kier alpha value is -0.500. The van der Waals surface area contributed by atoms with Gasteiger partial charge in [-0.2, -0.15) is 0 Å². The minimum atomic E-state index is 0. The van der Waals surface area contributed by atoms with E-state index in [0.29, 0.717) is 6.04 Å². The molecule has 1 aromatic rings. The molecule has 1 unspecified atom stereocenters. The van der Waals surface area contributed by atoms with Crippen molar-refractivity contribution in [1.82, 2.24) is 10.6 Å². The van der Waals surface area contributed by atoms with E-state index in [1.165, 1.54) is 24.9 Å². The number of nitrogens with zero attached hydrogens (tertiary/aromatic N) is 2. The van der Waals surface area contributed by atoms with Crippen molar-refractivity contribution in [1.29, 1.82) is 0 Å². The molecule has 1 saturated heterocycles. The van der Waals surface area contributed by atoms with Crippen LogP contribution < -0.4 is 15.5 Å². The molecule has 0 bridgehead atoms. The van der Waals surface area contributed by atoms with E-state index in [1.807, 2.05) is 7.05 Å². The molecule has 2 N–H and O–H groups in total. The van der Waals surface area contributed by atoms with Gasteiger partial charge in [0.2, 0.25) is 0 Å². The highest BCUT2D eigenvalue weighted by atomic mass is 127. The zero-order valence-electron chi connectivity index (χ0n) is 13.6. The van der Waals surface area contributed by atoms with Gasteiger partial charge in [-0.25, -0.2) is 0 Å². The Labute approximate surface area is 164 Å². The van der Waals surface area contributed by atoms with E-state index in [0.717, 1.165) is 42.4 Å². The van der Waals surface area contributed by atoms with Crippen LogP contribution >= 0.6 is 39.9 Å². The molecule has 0 amide bonds. The summed E-state index contributed by atoms with van der Waals surface area (Å²) in [6, 6.07) is 9.03. The third kappa shape index (κ3) is 5.81. The van der Waals surface area contributed by atoms with E-state index in [9.17, 15) is 0 Å². The molecule has 1 atom stereocenters. The number of nitrogens with one attached hydrogen (secondary N) is 2. The summed E-state index contributed by atoms with van der Waals surface area (Å²) in [5.41, 5.74) is 1.30. The molecule has 4 nitrogen and oxygen atoms in total. The molecule has 0 aromatic heterocycles. The van der Waals surface area contributed by atoms with Gasteiger partial charge in [0.15, 0.2) is 5.96 Å². The summed E-state index contributed by atoms with van der Waals surface area (Å²) >= 11 is 3.49. The van der Waals surface area contributed by atoms with Crippen molar-refractivity contribution in [2.75, 3.05) is 31.6 Å². The summed E-state index contributed by atoms with van der Waals surface area (Å²) < 4.78 is 1.13. The molecule has 0 radical (unpaired) electrons. The predicted octanol–water partition coefficient (Wildman–Crippen LogP) is 3.61. The lowest BCUT2D eigenvalue weighted by molar-refractivity contribution is 0.632. The van der Waals surface area contributed by atoms with Crippen LogP contribution in [0.15, 0.2) is 33.7 Å². The first kappa shape index (κ1) is 18.8. The smallest absolute Gasteiger partial charge is 0.191 e. The SMILES string of the molecule is CN=C(NCCC1CC1)NC1CCN(c2ccc(Br)cc2)C1.I. The van der Waals surface area contributed by atoms with Crippen molar-refractivity contribution in [3.8, 4) is 0 Å². The number of rotatable bonds is 5. The molecule has 1 aliphatic carbocycles. The van der Waals surface area contributed by atoms with Crippen LogP contribution in [-0.2, 0) is 0 Å². The highest BCUT2D eigenvalue weighted by Gasteiger charge is 2.24. The first-order valence-electron chi connectivity index (χ1n) is 8.22. The normalized spacial score (nSPS) is 21.0. The van der Waals surface area contributed by atoms with Gasteiger partial charge in [-0.1, -0.05) is 28.8 Å². The number of halogens is 2. The van der Waals surface area contributed by atoms with E-state index < -0.39 is 0 Å². The molecule has 1 aromatic carbocycles. The van der Waals surface area contributed by atoms with Crippen LogP contribution in [0, 0.1) is 5.92 Å². The summed E-state index contributed by atoms with van der Waals surface area (Å²) in [6.07, 6.45) is 5.26. The molecule has 1 aliphatic heterocycles. The maximum absolute atomic E-state index is 4.35. The van der Waals surface area contributed by atoms with Gasteiger partial charge >= 0.3 is 0 Å². The Kier molecular flexibility index (Phi) is 7.46. The Bertz CT molecular complexity index is 516. The highest BCUT2D eigenvalue weighted by Crippen LogP contribution is 2.31. The maximum Gasteiger partial charge on any atom is 0.191 e. The van der Waals surface area contributed by atoms with E-state index in [4.69, 9.17) is 0 Å². The largest absolute Gasteiger partial charge is 0.369 e. The van der Waals surface area contributed by atoms with Crippen LogP contribution in [0.4, 0.5) is 5.69 Å². The molecule has 0 spiro atoms. The molecular formula is C17H26BrIN4.